The first-order valence-corrected chi connectivity index (χ1v) is 5.58. The molecular weight excluding hydrogens is 162 g/mol. The Kier molecular flexibility index (Phi) is 9.94. The summed E-state index contributed by atoms with van der Waals surface area (Å²) in [6.45, 7) is 6.57. The van der Waals surface area contributed by atoms with Crippen LogP contribution in [0.1, 0.15) is 46.0 Å². The molecule has 0 bridgehead atoms. The number of nitrogens with one attached hydrogen (secondary N) is 1. The van der Waals surface area contributed by atoms with Gasteiger partial charge in [-0.25, -0.2) is 0 Å². The zero-order chi connectivity index (χ0) is 9.94. The van der Waals surface area contributed by atoms with Crippen LogP contribution in [0, 0.1) is 0 Å². The van der Waals surface area contributed by atoms with Crippen LogP contribution in [-0.2, 0) is 4.74 Å². The highest BCUT2D eigenvalue weighted by atomic mass is 16.5. The molecule has 1 N–H and O–H groups in total. The molecule has 0 aromatic rings. The van der Waals surface area contributed by atoms with E-state index in [1.807, 2.05) is 0 Å². The highest BCUT2D eigenvalue weighted by Crippen LogP contribution is 2.00. The van der Waals surface area contributed by atoms with Gasteiger partial charge in [0.15, 0.2) is 0 Å². The van der Waals surface area contributed by atoms with Crippen LogP contribution in [0.5, 0.6) is 0 Å². The molecule has 1 saturated heterocycles. The van der Waals surface area contributed by atoms with Crippen LogP contribution in [0.4, 0.5) is 0 Å². The lowest BCUT2D eigenvalue weighted by Gasteiger charge is -2.24. The Bertz CT molecular complexity index is 85.3. The van der Waals surface area contributed by atoms with E-state index in [1.165, 1.54) is 32.1 Å². The number of ether oxygens (including phenoxy) is 1. The van der Waals surface area contributed by atoms with Crippen LogP contribution >= 0.6 is 0 Å². The van der Waals surface area contributed by atoms with E-state index in [1.54, 1.807) is 7.11 Å². The number of methoxy groups -OCH3 is 1. The lowest BCUT2D eigenvalue weighted by atomic mass is 10.2. The van der Waals surface area contributed by atoms with E-state index in [0.717, 1.165) is 13.1 Å². The van der Waals surface area contributed by atoms with E-state index < -0.39 is 0 Å². The lowest BCUT2D eigenvalue weighted by Crippen LogP contribution is -2.47. The van der Waals surface area contributed by atoms with Gasteiger partial charge in [0.2, 0.25) is 0 Å². The fourth-order valence-corrected chi connectivity index (χ4v) is 1.11. The predicted molar refractivity (Wildman–Crippen MR) is 58.1 cm³/mol. The van der Waals surface area contributed by atoms with Gasteiger partial charge in [-0.15, -0.1) is 0 Å². The third-order valence-electron chi connectivity index (χ3n) is 2.28. The zero-order valence-corrected chi connectivity index (χ0v) is 9.44. The van der Waals surface area contributed by atoms with E-state index in [-0.39, 0.29) is 0 Å². The standard InChI is InChI=1S/C7H16.C4H9NO/c1-3-5-7-6-4-2;1-6-4-2-5-3-4/h3-7H2,1-2H3;4-5H,2-3H2,1H3. The van der Waals surface area contributed by atoms with E-state index in [4.69, 9.17) is 4.74 Å². The summed E-state index contributed by atoms with van der Waals surface area (Å²) >= 11 is 0. The Labute approximate surface area is 83.1 Å². The molecule has 0 aromatic carbocycles. The van der Waals surface area contributed by atoms with Gasteiger partial charge in [-0.2, -0.15) is 0 Å². The molecule has 1 heterocycles. The molecule has 0 radical (unpaired) electrons. The summed E-state index contributed by atoms with van der Waals surface area (Å²) in [5, 5.41) is 3.09. The van der Waals surface area contributed by atoms with Crippen molar-refractivity contribution in [1.29, 1.82) is 0 Å². The van der Waals surface area contributed by atoms with Crippen molar-refractivity contribution in [3.05, 3.63) is 0 Å². The first kappa shape index (κ1) is 12.9. The number of rotatable bonds is 5. The monoisotopic (exact) mass is 187 g/mol. The van der Waals surface area contributed by atoms with Crippen molar-refractivity contribution in [3.63, 3.8) is 0 Å². The Balaban J connectivity index is 0.000000223. The van der Waals surface area contributed by atoms with Gasteiger partial charge in [-0.3, -0.25) is 0 Å². The largest absolute Gasteiger partial charge is 0.379 e. The molecular formula is C11H25NO. The summed E-state index contributed by atoms with van der Waals surface area (Å²) in [4.78, 5) is 0. The second-order valence-electron chi connectivity index (χ2n) is 3.58. The van der Waals surface area contributed by atoms with Gasteiger partial charge in [0.1, 0.15) is 0 Å². The first-order valence-electron chi connectivity index (χ1n) is 5.58. The van der Waals surface area contributed by atoms with Gasteiger partial charge in [0.25, 0.3) is 0 Å². The minimum atomic E-state index is 0.505. The highest BCUT2D eigenvalue weighted by molar-refractivity contribution is 4.73. The summed E-state index contributed by atoms with van der Waals surface area (Å²) in [5.74, 6) is 0. The SMILES string of the molecule is CCCCCCC.COC1CNC1. The minimum absolute atomic E-state index is 0.505. The van der Waals surface area contributed by atoms with Crippen molar-refractivity contribution >= 4 is 0 Å². The molecule has 0 spiro atoms. The molecule has 1 fully saturated rings. The van der Waals surface area contributed by atoms with Crippen LogP contribution in [0.2, 0.25) is 0 Å². The molecule has 0 saturated carbocycles. The fourth-order valence-electron chi connectivity index (χ4n) is 1.11. The molecule has 0 unspecified atom stereocenters. The molecule has 0 amide bonds. The van der Waals surface area contributed by atoms with Crippen molar-refractivity contribution in [2.45, 2.75) is 52.1 Å². The van der Waals surface area contributed by atoms with Gasteiger partial charge in [0.05, 0.1) is 6.10 Å². The van der Waals surface area contributed by atoms with Gasteiger partial charge in [-0.1, -0.05) is 46.0 Å². The van der Waals surface area contributed by atoms with Crippen LogP contribution in [0.3, 0.4) is 0 Å². The average molecular weight is 187 g/mol. The number of hydrogen-bond donors (Lipinski definition) is 1. The van der Waals surface area contributed by atoms with E-state index >= 15 is 0 Å². The lowest BCUT2D eigenvalue weighted by molar-refractivity contribution is 0.0600. The van der Waals surface area contributed by atoms with Crippen LogP contribution in [0.15, 0.2) is 0 Å². The van der Waals surface area contributed by atoms with Crippen molar-refractivity contribution in [2.24, 2.45) is 0 Å². The smallest absolute Gasteiger partial charge is 0.0819 e. The Morgan fingerprint density at radius 1 is 1.08 bits per heavy atom. The zero-order valence-electron chi connectivity index (χ0n) is 9.44. The minimum Gasteiger partial charge on any atom is -0.379 e. The Morgan fingerprint density at radius 2 is 1.62 bits per heavy atom. The molecule has 1 aliphatic rings. The molecule has 13 heavy (non-hydrogen) atoms. The topological polar surface area (TPSA) is 21.3 Å². The molecule has 2 heteroatoms. The van der Waals surface area contributed by atoms with Gasteiger partial charge >= 0.3 is 0 Å². The first-order chi connectivity index (χ1) is 6.35. The van der Waals surface area contributed by atoms with Gasteiger partial charge in [0, 0.05) is 20.2 Å². The van der Waals surface area contributed by atoms with Crippen LogP contribution in [-0.4, -0.2) is 26.3 Å². The summed E-state index contributed by atoms with van der Waals surface area (Å²) < 4.78 is 4.92. The second kappa shape index (κ2) is 10.0. The predicted octanol–water partition coefficient (Wildman–Crippen LogP) is 2.58. The summed E-state index contributed by atoms with van der Waals surface area (Å²) in [7, 11) is 1.74. The molecule has 0 aromatic heterocycles. The molecule has 80 valence electrons. The van der Waals surface area contributed by atoms with Crippen LogP contribution in [0.25, 0.3) is 0 Å². The fraction of sp³-hybridized carbons (Fsp3) is 1.00. The van der Waals surface area contributed by atoms with Crippen molar-refractivity contribution in [2.75, 3.05) is 20.2 Å². The Hall–Kier alpha value is -0.0800. The normalized spacial score (nSPS) is 15.9. The Morgan fingerprint density at radius 3 is 1.77 bits per heavy atom. The maximum absolute atomic E-state index is 4.92. The van der Waals surface area contributed by atoms with Crippen molar-refractivity contribution in [3.8, 4) is 0 Å². The second-order valence-corrected chi connectivity index (χ2v) is 3.58. The molecule has 1 rings (SSSR count). The van der Waals surface area contributed by atoms with E-state index in [0.29, 0.717) is 6.10 Å². The van der Waals surface area contributed by atoms with E-state index in [9.17, 15) is 0 Å². The van der Waals surface area contributed by atoms with Crippen molar-refractivity contribution in [1.82, 2.24) is 5.32 Å². The third-order valence-corrected chi connectivity index (χ3v) is 2.28. The number of unbranched alkanes of at least 4 members (excludes halogenated alkanes) is 4. The summed E-state index contributed by atoms with van der Waals surface area (Å²) in [5.41, 5.74) is 0. The number of hydrogen-bond acceptors (Lipinski definition) is 2. The van der Waals surface area contributed by atoms with Crippen LogP contribution < -0.4 is 5.32 Å². The molecule has 0 atom stereocenters. The van der Waals surface area contributed by atoms with Gasteiger partial charge < -0.3 is 10.1 Å². The van der Waals surface area contributed by atoms with Gasteiger partial charge in [-0.05, 0) is 0 Å². The maximum atomic E-state index is 4.92. The summed E-state index contributed by atoms with van der Waals surface area (Å²) in [6, 6.07) is 0. The highest BCUT2D eigenvalue weighted by Gasteiger charge is 2.13. The molecule has 2 nitrogen and oxygen atoms in total. The summed E-state index contributed by atoms with van der Waals surface area (Å²) in [6.07, 6.45) is 7.51. The van der Waals surface area contributed by atoms with E-state index in [2.05, 4.69) is 19.2 Å². The van der Waals surface area contributed by atoms with Crippen molar-refractivity contribution < 1.29 is 4.74 Å². The average Bonchev–Trinajstić information content (AvgIpc) is 2.05. The third kappa shape index (κ3) is 8.26. The maximum Gasteiger partial charge on any atom is 0.0819 e. The quantitative estimate of drug-likeness (QED) is 0.668. The molecule has 0 aliphatic carbocycles. The molecule has 1 aliphatic heterocycles.